The number of carbonyl (C=O) groups excluding carboxylic acids is 1. The van der Waals surface area contributed by atoms with Gasteiger partial charge in [0.2, 0.25) is 15.9 Å². The maximum absolute atomic E-state index is 12.8. The molecule has 2 rings (SSSR count). The van der Waals surface area contributed by atoms with Crippen LogP contribution in [0.25, 0.3) is 0 Å². The SMILES string of the molecule is CC(C)(C)c1ccc(S(=O)(=O)NC(Cc2ccc(O)cc2)C(=O)NCC#N)cc1. The highest BCUT2D eigenvalue weighted by Crippen LogP contribution is 2.23. The van der Waals surface area contributed by atoms with E-state index in [9.17, 15) is 18.3 Å². The molecule has 8 heteroatoms. The van der Waals surface area contributed by atoms with Crippen molar-refractivity contribution in [3.8, 4) is 11.8 Å². The van der Waals surface area contributed by atoms with Crippen molar-refractivity contribution >= 4 is 15.9 Å². The number of phenolic OH excluding ortho intramolecular Hbond substituents is 1. The van der Waals surface area contributed by atoms with E-state index in [0.717, 1.165) is 5.56 Å². The van der Waals surface area contributed by atoms with Gasteiger partial charge in [-0.1, -0.05) is 45.0 Å². The molecule has 0 saturated carbocycles. The summed E-state index contributed by atoms with van der Waals surface area (Å²) in [4.78, 5) is 12.5. The summed E-state index contributed by atoms with van der Waals surface area (Å²) < 4.78 is 28.1. The van der Waals surface area contributed by atoms with Crippen LogP contribution in [0.4, 0.5) is 0 Å². The maximum Gasteiger partial charge on any atom is 0.241 e. The Morgan fingerprint density at radius 2 is 1.69 bits per heavy atom. The van der Waals surface area contributed by atoms with Crippen LogP contribution in [0.5, 0.6) is 5.75 Å². The van der Waals surface area contributed by atoms with Gasteiger partial charge in [-0.25, -0.2) is 8.42 Å². The largest absolute Gasteiger partial charge is 0.508 e. The van der Waals surface area contributed by atoms with Crippen LogP contribution in [0.2, 0.25) is 0 Å². The number of nitrogens with one attached hydrogen (secondary N) is 2. The molecule has 2 aromatic carbocycles. The van der Waals surface area contributed by atoms with Crippen molar-refractivity contribution in [2.75, 3.05) is 6.54 Å². The summed E-state index contributed by atoms with van der Waals surface area (Å²) in [6.45, 7) is 5.86. The second-order valence-electron chi connectivity index (χ2n) is 7.69. The average molecular weight is 416 g/mol. The molecular weight excluding hydrogens is 390 g/mol. The van der Waals surface area contributed by atoms with Crippen LogP contribution in [-0.4, -0.2) is 32.0 Å². The molecule has 1 unspecified atom stereocenters. The Hall–Kier alpha value is -2.89. The molecule has 3 N–H and O–H groups in total. The Kier molecular flexibility index (Phi) is 7.01. The molecule has 0 radical (unpaired) electrons. The summed E-state index contributed by atoms with van der Waals surface area (Å²) in [5, 5.41) is 20.5. The van der Waals surface area contributed by atoms with Crippen LogP contribution < -0.4 is 10.0 Å². The lowest BCUT2D eigenvalue weighted by Crippen LogP contribution is -2.48. The van der Waals surface area contributed by atoms with Crippen molar-refractivity contribution < 1.29 is 18.3 Å². The van der Waals surface area contributed by atoms with E-state index >= 15 is 0 Å². The summed E-state index contributed by atoms with van der Waals surface area (Å²) >= 11 is 0. The third-order valence-corrected chi connectivity index (χ3v) is 5.85. The molecule has 0 aliphatic rings. The second-order valence-corrected chi connectivity index (χ2v) is 9.41. The Labute approximate surface area is 171 Å². The summed E-state index contributed by atoms with van der Waals surface area (Å²) in [5.74, 6) is -0.534. The molecule has 0 bridgehead atoms. The summed E-state index contributed by atoms with van der Waals surface area (Å²) in [7, 11) is -3.96. The topological polar surface area (TPSA) is 119 Å². The second kappa shape index (κ2) is 9.07. The number of hydrogen-bond acceptors (Lipinski definition) is 5. The number of sulfonamides is 1. The van der Waals surface area contributed by atoms with Crippen LogP contribution in [-0.2, 0) is 26.7 Å². The van der Waals surface area contributed by atoms with E-state index in [4.69, 9.17) is 5.26 Å². The molecule has 0 fully saturated rings. The lowest BCUT2D eigenvalue weighted by atomic mass is 9.87. The predicted molar refractivity (Wildman–Crippen MR) is 110 cm³/mol. The van der Waals surface area contributed by atoms with Gasteiger partial charge >= 0.3 is 0 Å². The van der Waals surface area contributed by atoms with E-state index < -0.39 is 22.0 Å². The fourth-order valence-electron chi connectivity index (χ4n) is 2.69. The summed E-state index contributed by atoms with van der Waals surface area (Å²) in [5.41, 5.74) is 1.53. The number of phenols is 1. The monoisotopic (exact) mass is 415 g/mol. The first-order chi connectivity index (χ1) is 13.5. The van der Waals surface area contributed by atoms with Crippen molar-refractivity contribution in [3.05, 3.63) is 59.7 Å². The number of hydrogen-bond donors (Lipinski definition) is 3. The van der Waals surface area contributed by atoms with Crippen molar-refractivity contribution in [2.24, 2.45) is 0 Å². The van der Waals surface area contributed by atoms with Crippen LogP contribution >= 0.6 is 0 Å². The summed E-state index contributed by atoms with van der Waals surface area (Å²) in [6.07, 6.45) is 0.0663. The van der Waals surface area contributed by atoms with Crippen LogP contribution in [0.1, 0.15) is 31.9 Å². The molecule has 0 saturated heterocycles. The molecule has 29 heavy (non-hydrogen) atoms. The van der Waals surface area contributed by atoms with Gasteiger partial charge in [-0.2, -0.15) is 9.98 Å². The lowest BCUT2D eigenvalue weighted by Gasteiger charge is -2.20. The molecule has 0 heterocycles. The molecule has 2 aromatic rings. The molecule has 0 aromatic heterocycles. The number of amides is 1. The molecule has 0 aliphatic heterocycles. The number of nitrogens with zero attached hydrogens (tertiary/aromatic N) is 1. The van der Waals surface area contributed by atoms with Crippen LogP contribution in [0, 0.1) is 11.3 Å². The lowest BCUT2D eigenvalue weighted by molar-refractivity contribution is -0.122. The van der Waals surface area contributed by atoms with Gasteiger partial charge in [0.25, 0.3) is 0 Å². The standard InChI is InChI=1S/C21H25N3O4S/c1-21(2,3)16-6-10-18(11-7-16)29(27,28)24-19(20(26)23-13-12-22)14-15-4-8-17(25)9-5-15/h4-11,19,24-25H,13-14H2,1-3H3,(H,23,26). The minimum Gasteiger partial charge on any atom is -0.508 e. The van der Waals surface area contributed by atoms with Gasteiger partial charge in [0.1, 0.15) is 18.3 Å². The highest BCUT2D eigenvalue weighted by Gasteiger charge is 2.26. The smallest absolute Gasteiger partial charge is 0.241 e. The van der Waals surface area contributed by atoms with Crippen LogP contribution in [0.3, 0.4) is 0 Å². The van der Waals surface area contributed by atoms with E-state index in [1.807, 2.05) is 20.8 Å². The van der Waals surface area contributed by atoms with Crippen molar-refractivity contribution in [2.45, 2.75) is 43.5 Å². The Bertz CT molecular complexity index is 986. The zero-order valence-electron chi connectivity index (χ0n) is 16.6. The Morgan fingerprint density at radius 3 is 2.21 bits per heavy atom. The van der Waals surface area contributed by atoms with Crippen molar-refractivity contribution in [1.82, 2.24) is 10.0 Å². The van der Waals surface area contributed by atoms with E-state index in [0.29, 0.717) is 5.56 Å². The van der Waals surface area contributed by atoms with Gasteiger partial charge in [0, 0.05) is 0 Å². The quantitative estimate of drug-likeness (QED) is 0.599. The summed E-state index contributed by atoms with van der Waals surface area (Å²) in [6, 6.07) is 13.3. The third kappa shape index (κ3) is 6.31. The highest BCUT2D eigenvalue weighted by molar-refractivity contribution is 7.89. The minimum atomic E-state index is -3.96. The molecule has 1 atom stereocenters. The first-order valence-corrected chi connectivity index (χ1v) is 10.6. The number of rotatable bonds is 7. The van der Waals surface area contributed by atoms with Gasteiger partial charge in [0.15, 0.2) is 0 Å². The minimum absolute atomic E-state index is 0.0503. The van der Waals surface area contributed by atoms with E-state index in [1.165, 1.54) is 24.3 Å². The number of aromatic hydroxyl groups is 1. The fourth-order valence-corrected chi connectivity index (χ4v) is 3.89. The highest BCUT2D eigenvalue weighted by atomic mass is 32.2. The van der Waals surface area contributed by atoms with E-state index in [1.54, 1.807) is 30.3 Å². The normalized spacial score (nSPS) is 12.8. The van der Waals surface area contributed by atoms with Gasteiger partial charge in [0.05, 0.1) is 11.0 Å². The zero-order chi connectivity index (χ0) is 21.7. The molecular formula is C21H25N3O4S. The van der Waals surface area contributed by atoms with Crippen molar-refractivity contribution in [3.63, 3.8) is 0 Å². The predicted octanol–water partition coefficient (Wildman–Crippen LogP) is 2.22. The fraction of sp³-hybridized carbons (Fsp3) is 0.333. The van der Waals surface area contributed by atoms with Gasteiger partial charge < -0.3 is 10.4 Å². The van der Waals surface area contributed by atoms with Crippen molar-refractivity contribution in [1.29, 1.82) is 5.26 Å². The van der Waals surface area contributed by atoms with Gasteiger partial charge in [-0.15, -0.1) is 0 Å². The first kappa shape index (κ1) is 22.4. The number of carbonyl (C=O) groups is 1. The third-order valence-electron chi connectivity index (χ3n) is 4.36. The maximum atomic E-state index is 12.8. The van der Waals surface area contributed by atoms with E-state index in [-0.39, 0.29) is 29.0 Å². The van der Waals surface area contributed by atoms with Gasteiger partial charge in [-0.3, -0.25) is 4.79 Å². The van der Waals surface area contributed by atoms with E-state index in [2.05, 4.69) is 10.0 Å². The molecule has 0 aliphatic carbocycles. The Balaban J connectivity index is 2.26. The van der Waals surface area contributed by atoms with Crippen LogP contribution in [0.15, 0.2) is 53.4 Å². The number of nitriles is 1. The molecule has 0 spiro atoms. The molecule has 154 valence electrons. The molecule has 1 amide bonds. The van der Waals surface area contributed by atoms with Gasteiger partial charge in [-0.05, 0) is 47.2 Å². The number of benzene rings is 2. The first-order valence-electron chi connectivity index (χ1n) is 9.08. The molecule has 7 nitrogen and oxygen atoms in total. The zero-order valence-corrected chi connectivity index (χ0v) is 17.5. The Morgan fingerprint density at radius 1 is 1.10 bits per heavy atom. The average Bonchev–Trinajstić information content (AvgIpc) is 2.66.